The predicted molar refractivity (Wildman–Crippen MR) is 93.1 cm³/mol. The predicted octanol–water partition coefficient (Wildman–Crippen LogP) is 3.05. The van der Waals surface area contributed by atoms with E-state index in [1.165, 1.54) is 11.6 Å². The van der Waals surface area contributed by atoms with Gasteiger partial charge in [0.25, 0.3) is 0 Å². The first kappa shape index (κ1) is 15.8. The van der Waals surface area contributed by atoms with Crippen LogP contribution >= 0.6 is 0 Å². The molecule has 3 rings (SSSR count). The fourth-order valence-electron chi connectivity index (χ4n) is 2.43. The van der Waals surface area contributed by atoms with E-state index in [4.69, 9.17) is 4.42 Å². The molecule has 0 fully saturated rings. The van der Waals surface area contributed by atoms with Crippen LogP contribution in [0.2, 0.25) is 0 Å². The summed E-state index contributed by atoms with van der Waals surface area (Å²) < 4.78 is 6.98. The Hall–Kier alpha value is -3.08. The van der Waals surface area contributed by atoms with E-state index in [0.29, 0.717) is 12.3 Å². The Morgan fingerprint density at radius 2 is 2.08 bits per heavy atom. The number of hydrogen-bond acceptors (Lipinski definition) is 3. The minimum Gasteiger partial charge on any atom is -0.465 e. The maximum Gasteiger partial charge on any atom is 0.244 e. The van der Waals surface area contributed by atoms with Gasteiger partial charge < -0.3 is 9.73 Å². The number of furan rings is 1. The summed E-state index contributed by atoms with van der Waals surface area (Å²) in [5.41, 5.74) is 3.39. The highest BCUT2D eigenvalue weighted by atomic mass is 16.3. The number of hydrogen-bond donors (Lipinski definition) is 1. The summed E-state index contributed by atoms with van der Waals surface area (Å²) in [4.78, 5) is 11.7. The first-order chi connectivity index (χ1) is 11.7. The lowest BCUT2D eigenvalue weighted by atomic mass is 10.1. The summed E-state index contributed by atoms with van der Waals surface area (Å²) >= 11 is 0. The van der Waals surface area contributed by atoms with Crippen LogP contribution < -0.4 is 5.32 Å². The zero-order valence-corrected chi connectivity index (χ0v) is 13.5. The molecule has 0 saturated carbocycles. The normalized spacial score (nSPS) is 11.0. The third-order valence-electron chi connectivity index (χ3n) is 3.73. The van der Waals surface area contributed by atoms with Crippen LogP contribution in [0.3, 0.4) is 0 Å². The van der Waals surface area contributed by atoms with Gasteiger partial charge in [0.05, 0.1) is 12.0 Å². The minimum atomic E-state index is -0.127. The Bertz CT molecular complexity index is 815. The molecular formula is C19H19N3O2. The van der Waals surface area contributed by atoms with Gasteiger partial charge in [-0.15, -0.1) is 0 Å². The van der Waals surface area contributed by atoms with Crippen LogP contribution in [0.1, 0.15) is 11.3 Å². The molecule has 1 aromatic carbocycles. The molecule has 0 unspecified atom stereocenters. The second-order valence-corrected chi connectivity index (χ2v) is 5.43. The number of carbonyl (C=O) groups excluding carboxylic acids is 1. The van der Waals surface area contributed by atoms with Gasteiger partial charge in [0, 0.05) is 25.9 Å². The Labute approximate surface area is 140 Å². The van der Waals surface area contributed by atoms with E-state index in [2.05, 4.69) is 34.7 Å². The summed E-state index contributed by atoms with van der Waals surface area (Å²) in [6.45, 7) is 0.590. The van der Waals surface area contributed by atoms with Gasteiger partial charge in [-0.2, -0.15) is 5.10 Å². The van der Waals surface area contributed by atoms with Crippen molar-refractivity contribution in [3.05, 3.63) is 72.3 Å². The van der Waals surface area contributed by atoms with Gasteiger partial charge >= 0.3 is 0 Å². The Morgan fingerprint density at radius 3 is 2.75 bits per heavy atom. The maximum absolute atomic E-state index is 11.7. The number of rotatable bonds is 6. The highest BCUT2D eigenvalue weighted by molar-refractivity contribution is 5.91. The van der Waals surface area contributed by atoms with Crippen LogP contribution in [0.25, 0.3) is 17.3 Å². The number of amides is 1. The van der Waals surface area contributed by atoms with Crippen molar-refractivity contribution in [2.45, 2.75) is 6.42 Å². The standard InChI is InChI=1S/C19H19N3O2/c1-22-18(11-13-21-22)16-6-4-15(5-7-16)10-12-20-19(23)9-8-17-3-2-14-24-17/h2-9,11,13-14H,10,12H2,1H3,(H,20,23). The van der Waals surface area contributed by atoms with Gasteiger partial charge in [-0.25, -0.2) is 0 Å². The van der Waals surface area contributed by atoms with E-state index in [0.717, 1.165) is 17.7 Å². The molecule has 0 aliphatic heterocycles. The van der Waals surface area contributed by atoms with Gasteiger partial charge in [-0.3, -0.25) is 9.48 Å². The van der Waals surface area contributed by atoms with E-state index >= 15 is 0 Å². The molecule has 0 aliphatic carbocycles. The quantitative estimate of drug-likeness (QED) is 0.710. The molecular weight excluding hydrogens is 302 g/mol. The lowest BCUT2D eigenvalue weighted by Gasteiger charge is -2.05. The van der Waals surface area contributed by atoms with Crippen LogP contribution in [-0.4, -0.2) is 22.2 Å². The highest BCUT2D eigenvalue weighted by Gasteiger charge is 2.02. The SMILES string of the molecule is Cn1nccc1-c1ccc(CCNC(=O)C=Cc2ccco2)cc1. The number of nitrogens with zero attached hydrogens (tertiary/aromatic N) is 2. The summed E-state index contributed by atoms with van der Waals surface area (Å²) in [6, 6.07) is 13.9. The molecule has 1 N–H and O–H groups in total. The first-order valence-electron chi connectivity index (χ1n) is 7.79. The van der Waals surface area contributed by atoms with Gasteiger partial charge in [-0.1, -0.05) is 24.3 Å². The monoisotopic (exact) mass is 321 g/mol. The number of nitrogens with one attached hydrogen (secondary N) is 1. The van der Waals surface area contributed by atoms with E-state index in [9.17, 15) is 4.79 Å². The van der Waals surface area contributed by atoms with Gasteiger partial charge in [0.2, 0.25) is 5.91 Å². The van der Waals surface area contributed by atoms with Crippen molar-refractivity contribution in [1.29, 1.82) is 0 Å². The van der Waals surface area contributed by atoms with Crippen molar-refractivity contribution in [1.82, 2.24) is 15.1 Å². The molecule has 5 nitrogen and oxygen atoms in total. The molecule has 24 heavy (non-hydrogen) atoms. The molecule has 2 aromatic heterocycles. The van der Waals surface area contributed by atoms with Crippen LogP contribution in [0.4, 0.5) is 0 Å². The number of benzene rings is 1. The van der Waals surface area contributed by atoms with E-state index in [1.807, 2.05) is 17.8 Å². The molecule has 3 aromatic rings. The molecule has 0 spiro atoms. The van der Waals surface area contributed by atoms with E-state index in [1.54, 1.807) is 30.7 Å². The first-order valence-corrected chi connectivity index (χ1v) is 7.79. The van der Waals surface area contributed by atoms with Gasteiger partial charge in [0.1, 0.15) is 5.76 Å². The summed E-state index contributed by atoms with van der Waals surface area (Å²) in [6.07, 6.45) is 7.27. The van der Waals surface area contributed by atoms with E-state index < -0.39 is 0 Å². The van der Waals surface area contributed by atoms with Crippen LogP contribution in [0.15, 0.2) is 65.4 Å². The fourth-order valence-corrected chi connectivity index (χ4v) is 2.43. The second-order valence-electron chi connectivity index (χ2n) is 5.43. The lowest BCUT2D eigenvalue weighted by molar-refractivity contribution is -0.116. The third-order valence-corrected chi connectivity index (χ3v) is 3.73. The largest absolute Gasteiger partial charge is 0.465 e. The van der Waals surface area contributed by atoms with Crippen molar-refractivity contribution in [2.24, 2.45) is 7.05 Å². The molecule has 0 bridgehead atoms. The molecule has 5 heteroatoms. The average Bonchev–Trinajstić information content (AvgIpc) is 3.25. The molecule has 0 saturated heterocycles. The molecule has 122 valence electrons. The minimum absolute atomic E-state index is 0.127. The van der Waals surface area contributed by atoms with Crippen molar-refractivity contribution >= 4 is 12.0 Å². The molecule has 0 aliphatic rings. The highest BCUT2D eigenvalue weighted by Crippen LogP contribution is 2.18. The zero-order chi connectivity index (χ0) is 16.8. The number of aromatic nitrogens is 2. The Morgan fingerprint density at radius 1 is 1.25 bits per heavy atom. The maximum atomic E-state index is 11.7. The van der Waals surface area contributed by atoms with Crippen molar-refractivity contribution < 1.29 is 9.21 Å². The number of aryl methyl sites for hydroxylation is 1. The Kier molecular flexibility index (Phi) is 4.91. The molecule has 0 atom stereocenters. The lowest BCUT2D eigenvalue weighted by Crippen LogP contribution is -2.23. The van der Waals surface area contributed by atoms with Gasteiger partial charge in [-0.05, 0) is 41.8 Å². The molecule has 0 radical (unpaired) electrons. The summed E-state index contributed by atoms with van der Waals surface area (Å²) in [5, 5.41) is 7.04. The van der Waals surface area contributed by atoms with Crippen molar-refractivity contribution in [2.75, 3.05) is 6.54 Å². The van der Waals surface area contributed by atoms with Gasteiger partial charge in [0.15, 0.2) is 0 Å². The fraction of sp³-hybridized carbons (Fsp3) is 0.158. The van der Waals surface area contributed by atoms with Crippen molar-refractivity contribution in [3.8, 4) is 11.3 Å². The van der Waals surface area contributed by atoms with Crippen molar-refractivity contribution in [3.63, 3.8) is 0 Å². The Balaban J connectivity index is 1.48. The summed E-state index contributed by atoms with van der Waals surface area (Å²) in [5.74, 6) is 0.536. The third kappa shape index (κ3) is 4.01. The number of carbonyl (C=O) groups is 1. The molecule has 2 heterocycles. The summed E-state index contributed by atoms with van der Waals surface area (Å²) in [7, 11) is 1.93. The van der Waals surface area contributed by atoms with Crippen LogP contribution in [0.5, 0.6) is 0 Å². The second kappa shape index (κ2) is 7.46. The zero-order valence-electron chi connectivity index (χ0n) is 13.5. The van der Waals surface area contributed by atoms with Crippen LogP contribution in [0, 0.1) is 0 Å². The molecule has 1 amide bonds. The smallest absolute Gasteiger partial charge is 0.244 e. The van der Waals surface area contributed by atoms with Crippen LogP contribution in [-0.2, 0) is 18.3 Å². The average molecular weight is 321 g/mol. The topological polar surface area (TPSA) is 60.1 Å². The van der Waals surface area contributed by atoms with E-state index in [-0.39, 0.29) is 5.91 Å².